The van der Waals surface area contributed by atoms with Gasteiger partial charge in [-0.15, -0.1) is 11.8 Å². The van der Waals surface area contributed by atoms with Gasteiger partial charge in [-0.2, -0.15) is 0 Å². The molecule has 1 aliphatic rings. The fourth-order valence-electron chi connectivity index (χ4n) is 5.03. The number of aliphatic hydroxyl groups excluding tert-OH is 1. The van der Waals surface area contributed by atoms with Gasteiger partial charge in [0.15, 0.2) is 6.10 Å². The van der Waals surface area contributed by atoms with Crippen molar-refractivity contribution >= 4 is 29.5 Å². The maximum absolute atomic E-state index is 14.2. The zero-order valence-electron chi connectivity index (χ0n) is 24.1. The standard InChI is InChI=1S/C32H36FN3O5S/c1-20-24(14-9-15-25(20)33)29(38)35-26(17-21-10-6-5-7-11-21)27(37)31(40)36-19-42-32(2,3)28(36)30(39)34-18-22-12-8-13-23(16-22)41-4/h5-16,26-28,37H,17-19H2,1-4H3,(H,34,39)(H,35,38). The predicted octanol–water partition coefficient (Wildman–Crippen LogP) is 3.84. The van der Waals surface area contributed by atoms with Gasteiger partial charge in [0.2, 0.25) is 5.91 Å². The normalized spacial score (nSPS) is 17.3. The third-order valence-corrected chi connectivity index (χ3v) is 8.81. The van der Waals surface area contributed by atoms with E-state index >= 15 is 0 Å². The molecular formula is C32H36FN3O5S. The minimum Gasteiger partial charge on any atom is -0.497 e. The van der Waals surface area contributed by atoms with Crippen LogP contribution in [0.15, 0.2) is 72.8 Å². The number of hydrogen-bond donors (Lipinski definition) is 3. The number of halogens is 1. The van der Waals surface area contributed by atoms with Gasteiger partial charge >= 0.3 is 0 Å². The molecule has 0 aromatic heterocycles. The minimum atomic E-state index is -1.66. The van der Waals surface area contributed by atoms with Gasteiger partial charge in [0, 0.05) is 16.9 Å². The molecule has 3 N–H and O–H groups in total. The number of benzene rings is 3. The van der Waals surface area contributed by atoms with Gasteiger partial charge in [-0.3, -0.25) is 14.4 Å². The molecule has 0 radical (unpaired) electrons. The Hall–Kier alpha value is -3.89. The zero-order valence-corrected chi connectivity index (χ0v) is 24.9. The third-order valence-electron chi connectivity index (χ3n) is 7.44. The molecule has 3 atom stereocenters. The number of ether oxygens (including phenoxy) is 1. The van der Waals surface area contributed by atoms with Crippen molar-refractivity contribution in [3.63, 3.8) is 0 Å². The van der Waals surface area contributed by atoms with Crippen LogP contribution in [0.1, 0.15) is 40.9 Å². The van der Waals surface area contributed by atoms with Gasteiger partial charge in [0.25, 0.3) is 11.8 Å². The molecular weight excluding hydrogens is 557 g/mol. The maximum atomic E-state index is 14.2. The molecule has 4 rings (SSSR count). The number of nitrogens with zero attached hydrogens (tertiary/aromatic N) is 1. The highest BCUT2D eigenvalue weighted by Crippen LogP contribution is 2.40. The highest BCUT2D eigenvalue weighted by molar-refractivity contribution is 8.00. The molecule has 1 fully saturated rings. The topological polar surface area (TPSA) is 108 Å². The highest BCUT2D eigenvalue weighted by atomic mass is 32.2. The molecule has 1 aliphatic heterocycles. The van der Waals surface area contributed by atoms with Crippen molar-refractivity contribution in [1.29, 1.82) is 0 Å². The van der Waals surface area contributed by atoms with Gasteiger partial charge in [0.1, 0.15) is 17.6 Å². The molecule has 8 nitrogen and oxygen atoms in total. The number of aliphatic hydroxyl groups is 1. The Labute approximate surface area is 249 Å². The molecule has 0 saturated carbocycles. The zero-order chi connectivity index (χ0) is 30.4. The number of amides is 3. The summed E-state index contributed by atoms with van der Waals surface area (Å²) in [6, 6.07) is 18.7. The number of nitrogens with one attached hydrogen (secondary N) is 2. The Bertz CT molecular complexity index is 1430. The fraction of sp³-hybridized carbons (Fsp3) is 0.344. The van der Waals surface area contributed by atoms with Gasteiger partial charge < -0.3 is 25.4 Å². The molecule has 42 heavy (non-hydrogen) atoms. The van der Waals surface area contributed by atoms with Gasteiger partial charge in [0.05, 0.1) is 19.0 Å². The first-order valence-electron chi connectivity index (χ1n) is 13.6. The van der Waals surface area contributed by atoms with Crippen LogP contribution in [0.5, 0.6) is 5.75 Å². The van der Waals surface area contributed by atoms with Crippen molar-refractivity contribution < 1.29 is 28.6 Å². The molecule has 3 unspecified atom stereocenters. The van der Waals surface area contributed by atoms with Gasteiger partial charge in [-0.25, -0.2) is 4.39 Å². The van der Waals surface area contributed by atoms with E-state index in [1.807, 2.05) is 68.4 Å². The van der Waals surface area contributed by atoms with E-state index < -0.39 is 40.6 Å². The number of carbonyl (C=O) groups excluding carboxylic acids is 3. The second-order valence-electron chi connectivity index (χ2n) is 10.8. The van der Waals surface area contributed by atoms with Crippen molar-refractivity contribution in [2.75, 3.05) is 13.0 Å². The van der Waals surface area contributed by atoms with E-state index in [-0.39, 0.29) is 35.9 Å². The van der Waals surface area contributed by atoms with Crippen LogP contribution in [0.25, 0.3) is 0 Å². The lowest BCUT2D eigenvalue weighted by atomic mass is 9.96. The number of methoxy groups -OCH3 is 1. The largest absolute Gasteiger partial charge is 0.497 e. The molecule has 3 amide bonds. The van der Waals surface area contributed by atoms with Crippen molar-refractivity contribution in [2.24, 2.45) is 0 Å². The molecule has 222 valence electrons. The lowest BCUT2D eigenvalue weighted by Gasteiger charge is -2.33. The summed E-state index contributed by atoms with van der Waals surface area (Å²) in [4.78, 5) is 41.9. The Kier molecular flexibility index (Phi) is 9.90. The molecule has 3 aromatic rings. The molecule has 1 heterocycles. The quantitative estimate of drug-likeness (QED) is 0.330. The third kappa shape index (κ3) is 7.11. The summed E-state index contributed by atoms with van der Waals surface area (Å²) in [7, 11) is 1.57. The summed E-state index contributed by atoms with van der Waals surface area (Å²) >= 11 is 1.43. The Morgan fingerprint density at radius 1 is 1.07 bits per heavy atom. The van der Waals surface area contributed by atoms with Crippen molar-refractivity contribution in [1.82, 2.24) is 15.5 Å². The van der Waals surface area contributed by atoms with Crippen LogP contribution >= 0.6 is 11.8 Å². The smallest absolute Gasteiger partial charge is 0.254 e. The second kappa shape index (κ2) is 13.4. The van der Waals surface area contributed by atoms with Crippen LogP contribution in [0.4, 0.5) is 4.39 Å². The van der Waals surface area contributed by atoms with E-state index in [9.17, 15) is 23.9 Å². The SMILES string of the molecule is COc1cccc(CNC(=O)C2N(C(=O)C(O)C(Cc3ccccc3)NC(=O)c3cccc(F)c3C)CSC2(C)C)c1. The van der Waals surface area contributed by atoms with Crippen LogP contribution in [-0.4, -0.2) is 63.6 Å². The van der Waals surface area contributed by atoms with E-state index in [1.54, 1.807) is 7.11 Å². The van der Waals surface area contributed by atoms with E-state index in [2.05, 4.69) is 10.6 Å². The summed E-state index contributed by atoms with van der Waals surface area (Å²) in [6.45, 7) is 5.49. The Morgan fingerprint density at radius 3 is 2.48 bits per heavy atom. The average Bonchev–Trinajstić information content (AvgIpc) is 3.31. The summed E-state index contributed by atoms with van der Waals surface area (Å²) in [6.07, 6.45) is -1.52. The van der Waals surface area contributed by atoms with Crippen LogP contribution in [0.3, 0.4) is 0 Å². The van der Waals surface area contributed by atoms with E-state index in [4.69, 9.17) is 4.74 Å². The van der Waals surface area contributed by atoms with Crippen molar-refractivity contribution in [2.45, 2.75) is 56.7 Å². The second-order valence-corrected chi connectivity index (χ2v) is 12.4. The summed E-state index contributed by atoms with van der Waals surface area (Å²) in [5.41, 5.74) is 1.90. The molecule has 1 saturated heterocycles. The summed E-state index contributed by atoms with van der Waals surface area (Å²) < 4.78 is 18.8. The lowest BCUT2D eigenvalue weighted by molar-refractivity contribution is -0.147. The van der Waals surface area contributed by atoms with E-state index in [1.165, 1.54) is 41.8 Å². The Balaban J connectivity index is 1.55. The van der Waals surface area contributed by atoms with Crippen molar-refractivity contribution in [3.8, 4) is 5.75 Å². The number of hydrogen-bond acceptors (Lipinski definition) is 6. The molecule has 3 aromatic carbocycles. The van der Waals surface area contributed by atoms with Crippen LogP contribution in [-0.2, 0) is 22.6 Å². The van der Waals surface area contributed by atoms with Crippen LogP contribution in [0, 0.1) is 12.7 Å². The first-order valence-corrected chi connectivity index (χ1v) is 14.6. The van der Waals surface area contributed by atoms with E-state index in [0.29, 0.717) is 5.75 Å². The Morgan fingerprint density at radius 2 is 1.76 bits per heavy atom. The number of carbonyl (C=O) groups is 3. The highest BCUT2D eigenvalue weighted by Gasteiger charge is 2.49. The van der Waals surface area contributed by atoms with Crippen LogP contribution in [0.2, 0.25) is 0 Å². The predicted molar refractivity (Wildman–Crippen MR) is 161 cm³/mol. The lowest BCUT2D eigenvalue weighted by Crippen LogP contribution is -2.58. The van der Waals surface area contributed by atoms with Crippen molar-refractivity contribution in [3.05, 3.63) is 101 Å². The first-order chi connectivity index (χ1) is 20.0. The minimum absolute atomic E-state index is 0.111. The maximum Gasteiger partial charge on any atom is 0.254 e. The van der Waals surface area contributed by atoms with Crippen LogP contribution < -0.4 is 15.4 Å². The first kappa shape index (κ1) is 31.1. The monoisotopic (exact) mass is 593 g/mol. The average molecular weight is 594 g/mol. The van der Waals surface area contributed by atoms with Gasteiger partial charge in [-0.1, -0.05) is 48.5 Å². The molecule has 10 heteroatoms. The molecule has 0 spiro atoms. The molecule has 0 aliphatic carbocycles. The van der Waals surface area contributed by atoms with E-state index in [0.717, 1.165) is 11.1 Å². The summed E-state index contributed by atoms with van der Waals surface area (Å²) in [5, 5.41) is 17.1. The summed E-state index contributed by atoms with van der Waals surface area (Å²) in [5.74, 6) is -1.31. The number of rotatable bonds is 10. The number of thioether (sulfide) groups is 1. The van der Waals surface area contributed by atoms with Gasteiger partial charge in [-0.05, 0) is 68.1 Å². The molecule has 0 bridgehead atoms. The fourth-order valence-corrected chi connectivity index (χ4v) is 6.17.